The first-order chi connectivity index (χ1) is 12.7. The maximum Gasteiger partial charge on any atom is 0.393 e. The molecule has 1 amide bonds. The number of carbonyl (C=O) groups is 1. The second-order valence-electron chi connectivity index (χ2n) is 6.49. The molecule has 3 rings (SSSR count). The molecule has 1 unspecified atom stereocenters. The minimum atomic E-state index is -4.41. The van der Waals surface area contributed by atoms with Crippen molar-refractivity contribution in [3.63, 3.8) is 0 Å². The lowest BCUT2D eigenvalue weighted by Crippen LogP contribution is -2.46. The van der Waals surface area contributed by atoms with Gasteiger partial charge in [0.25, 0.3) is 5.91 Å². The van der Waals surface area contributed by atoms with Crippen LogP contribution < -0.4 is 5.43 Å². The van der Waals surface area contributed by atoms with Gasteiger partial charge in [-0.05, 0) is 31.9 Å². The first-order valence-corrected chi connectivity index (χ1v) is 8.40. The van der Waals surface area contributed by atoms with Gasteiger partial charge in [-0.1, -0.05) is 12.1 Å². The zero-order valence-electron chi connectivity index (χ0n) is 14.5. The molecule has 1 atom stereocenters. The van der Waals surface area contributed by atoms with E-state index in [0.717, 1.165) is 15.6 Å². The van der Waals surface area contributed by atoms with Crippen molar-refractivity contribution >= 4 is 5.91 Å². The number of piperidine rings is 1. The molecule has 2 heterocycles. The Kier molecular flexibility index (Phi) is 5.03. The minimum absolute atomic E-state index is 0.0378. The molecule has 1 aromatic heterocycles. The van der Waals surface area contributed by atoms with Gasteiger partial charge in [0.05, 0.1) is 5.92 Å². The van der Waals surface area contributed by atoms with Gasteiger partial charge in [-0.15, -0.1) is 0 Å². The van der Waals surface area contributed by atoms with E-state index in [4.69, 9.17) is 0 Å². The smallest absolute Gasteiger partial charge is 0.337 e. The molecule has 9 heteroatoms. The van der Waals surface area contributed by atoms with Crippen LogP contribution in [-0.2, 0) is 0 Å². The molecule has 0 N–H and O–H groups in total. The molecular formula is C18H17F4N3O2. The summed E-state index contributed by atoms with van der Waals surface area (Å²) < 4.78 is 54.1. The molecule has 27 heavy (non-hydrogen) atoms. The Bertz CT molecular complexity index is 924. The number of amides is 1. The number of rotatable bonds is 2. The molecule has 1 aliphatic rings. The van der Waals surface area contributed by atoms with Crippen molar-refractivity contribution in [2.24, 2.45) is 5.92 Å². The van der Waals surface area contributed by atoms with Gasteiger partial charge in [-0.3, -0.25) is 9.59 Å². The van der Waals surface area contributed by atoms with E-state index in [-0.39, 0.29) is 25.1 Å². The van der Waals surface area contributed by atoms with Gasteiger partial charge in [-0.2, -0.15) is 18.3 Å². The van der Waals surface area contributed by atoms with Crippen LogP contribution in [0.1, 0.15) is 29.0 Å². The molecule has 1 aliphatic heterocycles. The zero-order valence-corrected chi connectivity index (χ0v) is 14.5. The van der Waals surface area contributed by atoms with Crippen LogP contribution in [0, 0.1) is 18.7 Å². The summed E-state index contributed by atoms with van der Waals surface area (Å²) in [4.78, 5) is 25.9. The Labute approximate surface area is 152 Å². The van der Waals surface area contributed by atoms with Crippen LogP contribution in [0.5, 0.6) is 0 Å². The van der Waals surface area contributed by atoms with Gasteiger partial charge < -0.3 is 4.90 Å². The largest absolute Gasteiger partial charge is 0.393 e. The highest BCUT2D eigenvalue weighted by molar-refractivity contribution is 5.92. The van der Waals surface area contributed by atoms with Crippen molar-refractivity contribution in [1.82, 2.24) is 14.7 Å². The number of aryl methyl sites for hydroxylation is 1. The molecule has 0 bridgehead atoms. The second-order valence-corrected chi connectivity index (χ2v) is 6.49. The molecule has 0 spiro atoms. The summed E-state index contributed by atoms with van der Waals surface area (Å²) in [7, 11) is 0. The third kappa shape index (κ3) is 3.86. The molecule has 2 aromatic rings. The van der Waals surface area contributed by atoms with E-state index in [1.165, 1.54) is 25.1 Å². The lowest BCUT2D eigenvalue weighted by molar-refractivity contribution is -0.184. The quantitative estimate of drug-likeness (QED) is 0.749. The maximum atomic E-state index is 14.1. The normalized spacial score (nSPS) is 17.8. The average Bonchev–Trinajstić information content (AvgIpc) is 2.62. The second kappa shape index (κ2) is 7.13. The fraction of sp³-hybridized carbons (Fsp3) is 0.389. The number of halogens is 4. The third-order valence-electron chi connectivity index (χ3n) is 4.56. The number of alkyl halides is 3. The molecule has 1 fully saturated rings. The van der Waals surface area contributed by atoms with Gasteiger partial charge in [0, 0.05) is 24.8 Å². The lowest BCUT2D eigenvalue weighted by atomic mass is 9.97. The van der Waals surface area contributed by atoms with Crippen LogP contribution in [0.25, 0.3) is 5.69 Å². The van der Waals surface area contributed by atoms with Gasteiger partial charge in [0.2, 0.25) is 5.43 Å². The van der Waals surface area contributed by atoms with Crippen molar-refractivity contribution in [2.75, 3.05) is 13.1 Å². The summed E-state index contributed by atoms with van der Waals surface area (Å²) in [5, 5.41) is 3.96. The molecular weight excluding hydrogens is 366 g/mol. The first-order valence-electron chi connectivity index (χ1n) is 8.40. The number of nitrogens with zero attached hydrogens (tertiary/aromatic N) is 3. The SMILES string of the molecule is Cc1cc(=O)c(C(=O)N2CCCC(C(F)(F)F)C2)nn1-c1ccccc1F. The summed E-state index contributed by atoms with van der Waals surface area (Å²) >= 11 is 0. The van der Waals surface area contributed by atoms with Crippen LogP contribution in [-0.4, -0.2) is 39.9 Å². The predicted octanol–water partition coefficient (Wildman–Crippen LogP) is 3.09. The number of aromatic nitrogens is 2. The Balaban J connectivity index is 1.97. The van der Waals surface area contributed by atoms with E-state index in [9.17, 15) is 27.2 Å². The number of hydrogen-bond acceptors (Lipinski definition) is 3. The van der Waals surface area contributed by atoms with E-state index >= 15 is 0 Å². The average molecular weight is 383 g/mol. The van der Waals surface area contributed by atoms with Crippen LogP contribution in [0.15, 0.2) is 35.1 Å². The summed E-state index contributed by atoms with van der Waals surface area (Å²) in [6.07, 6.45) is -4.29. The van der Waals surface area contributed by atoms with Crippen molar-refractivity contribution < 1.29 is 22.4 Å². The molecule has 1 aromatic carbocycles. The number of likely N-dealkylation sites (tertiary alicyclic amines) is 1. The fourth-order valence-electron chi connectivity index (χ4n) is 3.14. The van der Waals surface area contributed by atoms with Crippen LogP contribution >= 0.6 is 0 Å². The van der Waals surface area contributed by atoms with Gasteiger partial charge in [-0.25, -0.2) is 9.07 Å². The number of benzene rings is 1. The monoisotopic (exact) mass is 383 g/mol. The van der Waals surface area contributed by atoms with Gasteiger partial charge >= 0.3 is 6.18 Å². The van der Waals surface area contributed by atoms with Crippen molar-refractivity contribution in [3.05, 3.63) is 57.8 Å². The lowest BCUT2D eigenvalue weighted by Gasteiger charge is -2.33. The highest BCUT2D eigenvalue weighted by Gasteiger charge is 2.43. The van der Waals surface area contributed by atoms with Crippen LogP contribution in [0.3, 0.4) is 0 Å². The van der Waals surface area contributed by atoms with E-state index < -0.39 is 41.5 Å². The van der Waals surface area contributed by atoms with Crippen LogP contribution in [0.2, 0.25) is 0 Å². The minimum Gasteiger partial charge on any atom is -0.337 e. The highest BCUT2D eigenvalue weighted by Crippen LogP contribution is 2.33. The zero-order chi connectivity index (χ0) is 19.8. The summed E-state index contributed by atoms with van der Waals surface area (Å²) in [5.41, 5.74) is -0.893. The Hall–Kier alpha value is -2.71. The number of hydrogen-bond donors (Lipinski definition) is 0. The Morgan fingerprint density at radius 2 is 1.96 bits per heavy atom. The molecule has 144 valence electrons. The van der Waals surface area contributed by atoms with E-state index in [1.54, 1.807) is 6.07 Å². The van der Waals surface area contributed by atoms with Crippen molar-refractivity contribution in [2.45, 2.75) is 25.9 Å². The van der Waals surface area contributed by atoms with Gasteiger partial charge in [0.1, 0.15) is 11.5 Å². The fourth-order valence-corrected chi connectivity index (χ4v) is 3.14. The van der Waals surface area contributed by atoms with Gasteiger partial charge in [0.15, 0.2) is 5.69 Å². The third-order valence-corrected chi connectivity index (χ3v) is 4.56. The topological polar surface area (TPSA) is 55.2 Å². The maximum absolute atomic E-state index is 14.1. The molecule has 0 aliphatic carbocycles. The standard InChI is InChI=1S/C18H17F4N3O2/c1-11-9-15(26)16(23-25(11)14-7-3-2-6-13(14)19)17(27)24-8-4-5-12(10-24)18(20,21)22/h2-3,6-7,9,12H,4-5,8,10H2,1H3. The number of para-hydroxylation sites is 1. The van der Waals surface area contributed by atoms with Crippen LogP contribution in [0.4, 0.5) is 17.6 Å². The van der Waals surface area contributed by atoms with Crippen molar-refractivity contribution in [3.8, 4) is 5.69 Å². The predicted molar refractivity (Wildman–Crippen MR) is 89.2 cm³/mol. The Morgan fingerprint density at radius 3 is 2.63 bits per heavy atom. The molecule has 1 saturated heterocycles. The molecule has 5 nitrogen and oxygen atoms in total. The van der Waals surface area contributed by atoms with E-state index in [0.29, 0.717) is 5.69 Å². The molecule has 0 saturated carbocycles. The van der Waals surface area contributed by atoms with Crippen molar-refractivity contribution in [1.29, 1.82) is 0 Å². The van der Waals surface area contributed by atoms with E-state index in [2.05, 4.69) is 5.10 Å². The summed E-state index contributed by atoms with van der Waals surface area (Å²) in [6.45, 7) is 1.12. The Morgan fingerprint density at radius 1 is 1.26 bits per heavy atom. The van der Waals surface area contributed by atoms with E-state index in [1.807, 2.05) is 0 Å². The molecule has 0 radical (unpaired) electrons. The summed E-state index contributed by atoms with van der Waals surface area (Å²) in [6, 6.07) is 6.80. The highest BCUT2D eigenvalue weighted by atomic mass is 19.4. The first kappa shape index (κ1) is 19.1. The summed E-state index contributed by atoms with van der Waals surface area (Å²) in [5.74, 6) is -3.11. The number of carbonyl (C=O) groups excluding carboxylic acids is 1.